The van der Waals surface area contributed by atoms with E-state index in [0.29, 0.717) is 31.4 Å². The van der Waals surface area contributed by atoms with Gasteiger partial charge in [-0.3, -0.25) is 47.9 Å². The molecule has 0 saturated carbocycles. The number of rotatable bonds is 13. The number of aromatic amines is 1. The maximum Gasteiger partial charge on any atom is 0.249 e. The number of likely N-dealkylation sites (tertiary alicyclic amines) is 1. The van der Waals surface area contributed by atoms with Gasteiger partial charge in [-0.2, -0.15) is 25.3 Å². The van der Waals surface area contributed by atoms with E-state index in [4.69, 9.17) is 5.73 Å². The summed E-state index contributed by atoms with van der Waals surface area (Å²) in [6.07, 6.45) is 1.70. The quantitative estimate of drug-likeness (QED) is 0.0701. The van der Waals surface area contributed by atoms with Gasteiger partial charge in [0.25, 0.3) is 0 Å². The molecule has 1 aromatic heterocycles. The van der Waals surface area contributed by atoms with Gasteiger partial charge < -0.3 is 68.2 Å². The largest absolute Gasteiger partial charge is 0.384 e. The number of carbonyl (C=O) groups is 10. The molecular weight excluding hydrogens is 949 g/mol. The molecule has 2 aromatic rings. The lowest BCUT2D eigenvalue weighted by molar-refractivity contribution is -0.142. The van der Waals surface area contributed by atoms with Crippen molar-refractivity contribution in [3.8, 4) is 0 Å². The normalized spacial score (nSPS) is 24.9. The number of nitrogens with two attached hydrogens (primary N) is 1. The van der Waals surface area contributed by atoms with Crippen molar-refractivity contribution in [3.63, 3.8) is 0 Å². The highest BCUT2D eigenvalue weighted by Crippen LogP contribution is 2.21. The predicted molar refractivity (Wildman–Crippen MR) is 264 cm³/mol. The second-order valence-electron chi connectivity index (χ2n) is 17.7. The first-order valence-electron chi connectivity index (χ1n) is 23.4. The topological polar surface area (TPSA) is 335 Å². The van der Waals surface area contributed by atoms with Crippen molar-refractivity contribution in [2.45, 2.75) is 120 Å². The smallest absolute Gasteiger partial charge is 0.249 e. The van der Waals surface area contributed by atoms with Gasteiger partial charge in [-0.25, -0.2) is 0 Å². The lowest BCUT2D eigenvalue weighted by atomic mass is 10.0. The third kappa shape index (κ3) is 17.2. The summed E-state index contributed by atoms with van der Waals surface area (Å²) in [5, 5.41) is 31.5. The minimum Gasteiger partial charge on any atom is -0.384 e. The van der Waals surface area contributed by atoms with Crippen molar-refractivity contribution in [1.82, 2.24) is 57.3 Å². The molecule has 0 bridgehead atoms. The Labute approximate surface area is 417 Å². The van der Waals surface area contributed by atoms with E-state index >= 15 is 0 Å². The van der Waals surface area contributed by atoms with Gasteiger partial charge >= 0.3 is 0 Å². The zero-order valence-corrected chi connectivity index (χ0v) is 41.5. The predicted octanol–water partition coefficient (Wildman–Crippen LogP) is -3.13. The highest BCUT2D eigenvalue weighted by molar-refractivity contribution is 7.80. The molecule has 23 nitrogen and oxygen atoms in total. The molecule has 25 heteroatoms. The second-order valence-corrected chi connectivity index (χ2v) is 18.4. The second kappa shape index (κ2) is 28.1. The summed E-state index contributed by atoms with van der Waals surface area (Å²) in [5.74, 6) is -8.45. The van der Waals surface area contributed by atoms with E-state index in [-0.39, 0.29) is 63.1 Å². The van der Waals surface area contributed by atoms with Crippen LogP contribution < -0.4 is 48.3 Å². The number of para-hydroxylation sites is 1. The summed E-state index contributed by atoms with van der Waals surface area (Å²) >= 11 is 8.53. The van der Waals surface area contributed by atoms with Gasteiger partial charge in [-0.1, -0.05) is 18.2 Å². The monoisotopic (exact) mass is 1020 g/mol. The van der Waals surface area contributed by atoms with E-state index < -0.39 is 120 Å². The van der Waals surface area contributed by atoms with Crippen LogP contribution in [0.4, 0.5) is 0 Å². The molecule has 70 heavy (non-hydrogen) atoms. The third-order valence-corrected chi connectivity index (χ3v) is 12.6. The first kappa shape index (κ1) is 56.7. The van der Waals surface area contributed by atoms with Crippen LogP contribution in [0, 0.1) is 0 Å². The summed E-state index contributed by atoms with van der Waals surface area (Å²) in [4.78, 5) is 142. The number of hydrogen-bond acceptors (Lipinski definition) is 14. The molecule has 386 valence electrons. The number of primary amides is 1. The fourth-order valence-electron chi connectivity index (χ4n) is 8.05. The third-order valence-electron chi connectivity index (χ3n) is 11.9. The summed E-state index contributed by atoms with van der Waals surface area (Å²) in [6, 6.07) is -1.65. The van der Waals surface area contributed by atoms with E-state index in [1.54, 1.807) is 6.20 Å². The van der Waals surface area contributed by atoms with Crippen LogP contribution in [0.3, 0.4) is 0 Å². The minimum atomic E-state index is -1.64. The number of aromatic nitrogens is 1. The Hall–Kier alpha value is -5.92. The Morgan fingerprint density at radius 3 is 2.14 bits per heavy atom. The highest BCUT2D eigenvalue weighted by Gasteiger charge is 2.39. The molecule has 12 N–H and O–H groups in total. The van der Waals surface area contributed by atoms with Crippen LogP contribution in [0.25, 0.3) is 10.9 Å². The minimum absolute atomic E-state index is 0.0158. The Bertz CT molecular complexity index is 2190. The molecule has 8 atom stereocenters. The Morgan fingerprint density at radius 2 is 1.46 bits per heavy atom. The molecule has 0 spiro atoms. The average Bonchev–Trinajstić information content (AvgIpc) is 3.99. The summed E-state index contributed by atoms with van der Waals surface area (Å²) in [6.45, 7) is 1.33. The first-order chi connectivity index (χ1) is 33.3. The van der Waals surface area contributed by atoms with Crippen LogP contribution in [-0.2, 0) is 54.4 Å². The van der Waals surface area contributed by atoms with E-state index in [0.717, 1.165) is 15.8 Å². The van der Waals surface area contributed by atoms with E-state index in [1.165, 1.54) is 6.92 Å². The van der Waals surface area contributed by atoms with Crippen molar-refractivity contribution in [3.05, 3.63) is 36.0 Å². The lowest BCUT2D eigenvalue weighted by Crippen LogP contribution is -2.59. The van der Waals surface area contributed by atoms with Gasteiger partial charge in [0, 0.05) is 48.1 Å². The van der Waals surface area contributed by atoms with Gasteiger partial charge in [-0.15, -0.1) is 0 Å². The molecule has 0 unspecified atom stereocenters. The van der Waals surface area contributed by atoms with Crippen molar-refractivity contribution < 1.29 is 53.1 Å². The molecule has 2 aliphatic rings. The highest BCUT2D eigenvalue weighted by atomic mass is 32.1. The van der Waals surface area contributed by atoms with Gasteiger partial charge in [0.15, 0.2) is 0 Å². The van der Waals surface area contributed by atoms with Gasteiger partial charge in [-0.05, 0) is 90.6 Å². The number of nitrogens with zero attached hydrogens (tertiary/aromatic N) is 2. The standard InChI is InChI=1S/C45H68N12O11S2/c1-25(58)39(62)52-30-13-6-8-16-47-40(63)34(24-70)55-44(67)31(19-26-21-48-28-12-5-4-11-27(26)28)53-42(65)29(14-7-9-17-56(2)3)50-37(60)22-49-41(64)33(23-69)51-36(59)20-32(54-43(30)66)45(68)57-18-10-15-35(57)38(46)61/h4-5,11-12,21,25,29-35,48,58,69-70H,6-10,13-20,22-24H2,1-3H3,(H2,46,61)(H,47,63)(H,49,64)(H,50,60)(H,51,59)(H,52,62)(H,53,65)(H,54,66)(H,55,67)/t25-,29-,30-,31-,32-,33-,34-,35-/m0/s1. The fraction of sp³-hybridized carbons (Fsp3) is 0.600. The van der Waals surface area contributed by atoms with E-state index in [2.05, 4.69) is 72.8 Å². The Kier molecular flexibility index (Phi) is 22.7. The molecule has 2 saturated heterocycles. The molecule has 3 heterocycles. The molecule has 0 aliphatic carbocycles. The van der Waals surface area contributed by atoms with Crippen molar-refractivity contribution >= 4 is 95.2 Å². The lowest BCUT2D eigenvalue weighted by Gasteiger charge is -2.29. The molecular formula is C45H68N12O11S2. The van der Waals surface area contributed by atoms with E-state index in [1.807, 2.05) is 43.3 Å². The van der Waals surface area contributed by atoms with Crippen LogP contribution in [0.15, 0.2) is 30.5 Å². The van der Waals surface area contributed by atoms with Crippen LogP contribution in [0.1, 0.15) is 70.3 Å². The van der Waals surface area contributed by atoms with Gasteiger partial charge in [0.1, 0.15) is 48.4 Å². The molecule has 10 amide bonds. The number of unbranched alkanes of at least 4 members (excludes halogenated alkanes) is 1. The maximum atomic E-state index is 14.2. The zero-order chi connectivity index (χ0) is 51.5. The number of hydrogen-bond donors (Lipinski definition) is 13. The van der Waals surface area contributed by atoms with Crippen molar-refractivity contribution in [2.24, 2.45) is 5.73 Å². The first-order valence-corrected chi connectivity index (χ1v) is 24.6. The molecule has 1 aromatic carbocycles. The number of nitrogens with one attached hydrogen (secondary N) is 9. The van der Waals surface area contributed by atoms with Crippen molar-refractivity contribution in [2.75, 3.05) is 51.8 Å². The number of aliphatic hydroxyl groups excluding tert-OH is 1. The number of fused-ring (bicyclic) bond motifs is 1. The molecule has 2 aliphatic heterocycles. The molecule has 4 rings (SSSR count). The fourth-order valence-corrected chi connectivity index (χ4v) is 8.56. The Morgan fingerprint density at radius 1 is 0.800 bits per heavy atom. The molecule has 0 radical (unpaired) electrons. The van der Waals surface area contributed by atoms with Crippen LogP contribution >= 0.6 is 25.3 Å². The number of thiol groups is 2. The summed E-state index contributed by atoms with van der Waals surface area (Å²) in [7, 11) is 3.78. The summed E-state index contributed by atoms with van der Waals surface area (Å²) in [5.41, 5.74) is 7.04. The SMILES string of the molecule is C[C@H](O)C(=O)N[C@H]1CCCCNC(=O)[C@H](CS)NC(=O)[C@H](Cc2c[nH]c3ccccc23)NC(=O)[C@H](CCCCN(C)C)NC(=O)CNC(=O)[C@H](CS)NC(=O)C[C@@H](C(=O)N2CCC[C@H]2C(N)=O)NC1=O. The molecule has 2 fully saturated rings. The van der Waals surface area contributed by atoms with Crippen molar-refractivity contribution in [1.29, 1.82) is 0 Å². The number of H-pyrrole nitrogens is 1. The van der Waals surface area contributed by atoms with E-state index in [9.17, 15) is 53.1 Å². The summed E-state index contributed by atoms with van der Waals surface area (Å²) < 4.78 is 0. The average molecular weight is 1020 g/mol. The van der Waals surface area contributed by atoms with Crippen LogP contribution in [0.2, 0.25) is 0 Å². The number of aliphatic hydroxyl groups is 1. The number of amides is 10. The van der Waals surface area contributed by atoms with Crippen LogP contribution in [0.5, 0.6) is 0 Å². The number of carbonyl (C=O) groups excluding carboxylic acids is 10. The Balaban J connectivity index is 1.66. The van der Waals surface area contributed by atoms with Gasteiger partial charge in [0.05, 0.1) is 13.0 Å². The van der Waals surface area contributed by atoms with Gasteiger partial charge in [0.2, 0.25) is 59.1 Å². The number of benzene rings is 1. The zero-order valence-electron chi connectivity index (χ0n) is 39.7. The maximum absolute atomic E-state index is 14.2. The van der Waals surface area contributed by atoms with Crippen LogP contribution in [-0.4, -0.2) is 179 Å².